The van der Waals surface area contributed by atoms with Crippen LogP contribution < -0.4 is 5.32 Å². The van der Waals surface area contributed by atoms with Crippen molar-refractivity contribution in [1.82, 2.24) is 10.5 Å². The number of nitrogens with zero attached hydrogens (tertiary/aromatic N) is 1. The number of carbonyl (C=O) groups is 1. The number of hydrogen-bond acceptors (Lipinski definition) is 3. The number of amides is 1. The van der Waals surface area contributed by atoms with E-state index in [1.807, 2.05) is 0 Å². The molecular weight excluding hydrogens is 331 g/mol. The first-order valence-electron chi connectivity index (χ1n) is 9.41. The van der Waals surface area contributed by atoms with Gasteiger partial charge in [0.25, 0.3) is 5.91 Å². The lowest BCUT2D eigenvalue weighted by Gasteiger charge is -2.52. The third-order valence-corrected chi connectivity index (χ3v) is 5.70. The van der Waals surface area contributed by atoms with E-state index in [-0.39, 0.29) is 17.4 Å². The van der Waals surface area contributed by atoms with Gasteiger partial charge >= 0.3 is 0 Å². The number of aryl methyl sites for hydroxylation is 1. The zero-order valence-corrected chi connectivity index (χ0v) is 15.7. The lowest BCUT2D eigenvalue weighted by atomic mass is 9.57. The van der Waals surface area contributed by atoms with Gasteiger partial charge in [0.15, 0.2) is 0 Å². The summed E-state index contributed by atoms with van der Waals surface area (Å²) in [4.78, 5) is 12.4. The Balaban J connectivity index is 1.56. The highest BCUT2D eigenvalue weighted by Crippen LogP contribution is 2.47. The number of rotatable bonds is 7. The number of hydrogen-bond donors (Lipinski definition) is 1. The van der Waals surface area contributed by atoms with Crippen molar-refractivity contribution in [1.29, 1.82) is 0 Å². The first-order chi connectivity index (χ1) is 12.4. The molecule has 2 aromatic rings. The zero-order chi connectivity index (χ0) is 18.7. The summed E-state index contributed by atoms with van der Waals surface area (Å²) in [6.07, 6.45) is 4.93. The molecule has 0 spiro atoms. The summed E-state index contributed by atoms with van der Waals surface area (Å²) in [5.74, 6) is 0.775. The Bertz CT molecular complexity index is 769. The molecule has 1 fully saturated rings. The van der Waals surface area contributed by atoms with Crippen molar-refractivity contribution in [2.24, 2.45) is 11.3 Å². The van der Waals surface area contributed by atoms with Crippen molar-refractivity contribution in [3.63, 3.8) is 0 Å². The Morgan fingerprint density at radius 1 is 1.38 bits per heavy atom. The molecule has 1 saturated carbocycles. The molecule has 0 bridgehead atoms. The van der Waals surface area contributed by atoms with Crippen LogP contribution in [0, 0.1) is 17.2 Å². The van der Waals surface area contributed by atoms with Crippen LogP contribution in [0.25, 0.3) is 0 Å². The third-order valence-electron chi connectivity index (χ3n) is 5.70. The second kappa shape index (κ2) is 7.60. The van der Waals surface area contributed by atoms with Gasteiger partial charge in [0.05, 0.1) is 5.69 Å². The topological polar surface area (TPSA) is 55.1 Å². The molecule has 1 aliphatic carbocycles. The van der Waals surface area contributed by atoms with Crippen molar-refractivity contribution in [2.45, 2.75) is 58.9 Å². The summed E-state index contributed by atoms with van der Waals surface area (Å²) >= 11 is 0. The molecule has 26 heavy (non-hydrogen) atoms. The minimum atomic E-state index is -0.395. The Kier molecular flexibility index (Phi) is 5.44. The molecule has 4 nitrogen and oxygen atoms in total. The average Bonchev–Trinajstić information content (AvgIpc) is 3.06. The highest BCUT2D eigenvalue weighted by molar-refractivity contribution is 5.94. The number of aromatic nitrogens is 1. The minimum Gasteiger partial charge on any atom is -0.361 e. The lowest BCUT2D eigenvalue weighted by Crippen LogP contribution is -2.58. The van der Waals surface area contributed by atoms with Crippen LogP contribution in [0.1, 0.15) is 61.8 Å². The largest absolute Gasteiger partial charge is 0.361 e. The van der Waals surface area contributed by atoms with E-state index in [4.69, 9.17) is 4.52 Å². The van der Waals surface area contributed by atoms with E-state index in [1.54, 1.807) is 12.1 Å². The highest BCUT2D eigenvalue weighted by Gasteiger charge is 2.48. The first-order valence-corrected chi connectivity index (χ1v) is 9.41. The molecule has 0 aliphatic heterocycles. The summed E-state index contributed by atoms with van der Waals surface area (Å²) in [7, 11) is 0. The molecule has 0 radical (unpaired) electrons. The van der Waals surface area contributed by atoms with Gasteiger partial charge < -0.3 is 9.84 Å². The molecule has 3 rings (SSSR count). The second-order valence-electron chi connectivity index (χ2n) is 7.88. The zero-order valence-electron chi connectivity index (χ0n) is 15.7. The maximum atomic E-state index is 13.3. The van der Waals surface area contributed by atoms with Crippen LogP contribution in [0.5, 0.6) is 0 Å². The number of unbranched alkanes of at least 4 members (excludes halogenated alkanes) is 1. The van der Waals surface area contributed by atoms with Gasteiger partial charge in [-0.15, -0.1) is 0 Å². The van der Waals surface area contributed by atoms with Gasteiger partial charge in [-0.25, -0.2) is 4.39 Å². The fourth-order valence-electron chi connectivity index (χ4n) is 3.65. The van der Waals surface area contributed by atoms with Crippen LogP contribution in [-0.2, 0) is 12.8 Å². The molecule has 0 saturated heterocycles. The predicted octanol–water partition coefficient (Wildman–Crippen LogP) is 4.54. The van der Waals surface area contributed by atoms with Crippen LogP contribution in [0.3, 0.4) is 0 Å². The van der Waals surface area contributed by atoms with Gasteiger partial charge in [0, 0.05) is 24.1 Å². The van der Waals surface area contributed by atoms with Crippen molar-refractivity contribution in [2.75, 3.05) is 0 Å². The Hall–Kier alpha value is -2.17. The van der Waals surface area contributed by atoms with E-state index in [1.165, 1.54) is 12.1 Å². The van der Waals surface area contributed by atoms with Crippen molar-refractivity contribution in [3.8, 4) is 0 Å². The Morgan fingerprint density at radius 3 is 2.88 bits per heavy atom. The summed E-state index contributed by atoms with van der Waals surface area (Å²) in [6.45, 7) is 6.48. The van der Waals surface area contributed by atoms with Crippen LogP contribution >= 0.6 is 0 Å². The van der Waals surface area contributed by atoms with E-state index in [2.05, 4.69) is 37.3 Å². The fourth-order valence-corrected chi connectivity index (χ4v) is 3.65. The van der Waals surface area contributed by atoms with E-state index in [0.717, 1.165) is 43.6 Å². The molecule has 2 atom stereocenters. The molecule has 1 amide bonds. The van der Waals surface area contributed by atoms with Gasteiger partial charge in [-0.2, -0.15) is 0 Å². The van der Waals surface area contributed by atoms with Crippen LogP contribution in [0.2, 0.25) is 0 Å². The van der Waals surface area contributed by atoms with E-state index >= 15 is 0 Å². The number of halogens is 1. The predicted molar refractivity (Wildman–Crippen MR) is 98.4 cm³/mol. The minimum absolute atomic E-state index is 0.0362. The quantitative estimate of drug-likeness (QED) is 0.790. The molecule has 1 aromatic heterocycles. The van der Waals surface area contributed by atoms with Gasteiger partial charge in [0.2, 0.25) is 0 Å². The van der Waals surface area contributed by atoms with Gasteiger partial charge in [0.1, 0.15) is 11.6 Å². The monoisotopic (exact) mass is 358 g/mol. The van der Waals surface area contributed by atoms with Crippen LogP contribution in [0.4, 0.5) is 4.39 Å². The summed E-state index contributed by atoms with van der Waals surface area (Å²) < 4.78 is 18.7. The molecule has 1 heterocycles. The van der Waals surface area contributed by atoms with Gasteiger partial charge in [-0.3, -0.25) is 4.79 Å². The Morgan fingerprint density at radius 2 is 2.19 bits per heavy atom. The molecular formula is C21H27FN2O2. The maximum absolute atomic E-state index is 13.3. The number of benzene rings is 1. The number of nitrogens with one attached hydrogen (secondary N) is 1. The maximum Gasteiger partial charge on any atom is 0.251 e. The summed E-state index contributed by atoms with van der Waals surface area (Å²) in [5, 5.41) is 7.25. The summed E-state index contributed by atoms with van der Waals surface area (Å²) in [6, 6.07) is 7.94. The summed E-state index contributed by atoms with van der Waals surface area (Å²) in [5.41, 5.74) is 1.32. The Labute approximate surface area is 154 Å². The second-order valence-corrected chi connectivity index (χ2v) is 7.88. The number of carbonyl (C=O) groups excluding carboxylic acids is 1. The smallest absolute Gasteiger partial charge is 0.251 e. The van der Waals surface area contributed by atoms with E-state index in [0.29, 0.717) is 11.5 Å². The van der Waals surface area contributed by atoms with Crippen LogP contribution in [0.15, 0.2) is 34.9 Å². The first kappa shape index (κ1) is 18.6. The van der Waals surface area contributed by atoms with E-state index < -0.39 is 5.82 Å². The lowest BCUT2D eigenvalue weighted by molar-refractivity contribution is 0.0138. The van der Waals surface area contributed by atoms with Crippen molar-refractivity contribution >= 4 is 5.91 Å². The average molecular weight is 358 g/mol. The SMILES string of the molecule is CCCCc1cc(CC2CC(NC(=O)c3cccc(F)c3)C2(C)C)no1. The van der Waals surface area contributed by atoms with E-state index in [9.17, 15) is 9.18 Å². The van der Waals surface area contributed by atoms with Crippen molar-refractivity contribution < 1.29 is 13.7 Å². The van der Waals surface area contributed by atoms with Gasteiger partial charge in [-0.05, 0) is 48.8 Å². The van der Waals surface area contributed by atoms with Crippen LogP contribution in [-0.4, -0.2) is 17.1 Å². The molecule has 2 unspecified atom stereocenters. The van der Waals surface area contributed by atoms with Crippen molar-refractivity contribution in [3.05, 3.63) is 53.2 Å². The fraction of sp³-hybridized carbons (Fsp3) is 0.524. The molecule has 1 N–H and O–H groups in total. The molecule has 5 heteroatoms. The molecule has 140 valence electrons. The third kappa shape index (κ3) is 3.97. The standard InChI is InChI=1S/C21H27FN2O2/c1-4-5-9-18-13-17(24-26-18)11-15-12-19(21(15,2)3)23-20(25)14-7-6-8-16(22)10-14/h6-8,10,13,15,19H,4-5,9,11-12H2,1-3H3,(H,23,25). The normalized spacial score (nSPS) is 21.2. The van der Waals surface area contributed by atoms with Gasteiger partial charge in [-0.1, -0.05) is 38.4 Å². The molecule has 1 aliphatic rings. The highest BCUT2D eigenvalue weighted by atomic mass is 19.1. The molecule has 1 aromatic carbocycles.